The van der Waals surface area contributed by atoms with Crippen molar-refractivity contribution in [3.63, 3.8) is 0 Å². The normalized spacial score (nSPS) is 19.2. The first kappa shape index (κ1) is 17.7. The van der Waals surface area contributed by atoms with E-state index < -0.39 is 0 Å². The topological polar surface area (TPSA) is 50.4 Å². The molecule has 27 heavy (non-hydrogen) atoms. The number of aryl methyl sites for hydroxylation is 1. The number of carbonyl (C=O) groups excluding carboxylic acids is 1. The van der Waals surface area contributed by atoms with E-state index in [1.54, 1.807) is 0 Å². The third-order valence-electron chi connectivity index (χ3n) is 5.16. The third kappa shape index (κ3) is 3.60. The van der Waals surface area contributed by atoms with Crippen LogP contribution in [0.4, 0.5) is 0 Å². The van der Waals surface area contributed by atoms with Gasteiger partial charge in [0.15, 0.2) is 10.9 Å². The van der Waals surface area contributed by atoms with Gasteiger partial charge in [0.05, 0.1) is 6.04 Å². The summed E-state index contributed by atoms with van der Waals surface area (Å²) in [7, 11) is 0. The molecule has 1 aliphatic carbocycles. The van der Waals surface area contributed by atoms with Gasteiger partial charge < -0.3 is 15.4 Å². The number of nitrogens with one attached hydrogen (secondary N) is 2. The van der Waals surface area contributed by atoms with Gasteiger partial charge >= 0.3 is 0 Å². The number of allylic oxidation sites excluding steroid dienone is 1. The zero-order chi connectivity index (χ0) is 18.8. The highest BCUT2D eigenvalue weighted by atomic mass is 32.1. The number of rotatable bonds is 4. The second kappa shape index (κ2) is 7.53. The lowest BCUT2D eigenvalue weighted by molar-refractivity contribution is -0.116. The molecule has 2 N–H and O–H groups in total. The van der Waals surface area contributed by atoms with E-state index in [1.807, 2.05) is 36.4 Å². The Labute approximate surface area is 164 Å². The van der Waals surface area contributed by atoms with E-state index in [0.29, 0.717) is 18.1 Å². The summed E-state index contributed by atoms with van der Waals surface area (Å²) < 4.78 is 6.17. The van der Waals surface area contributed by atoms with Crippen LogP contribution in [0.5, 0.6) is 5.75 Å². The van der Waals surface area contributed by atoms with E-state index in [9.17, 15) is 4.79 Å². The summed E-state index contributed by atoms with van der Waals surface area (Å²) in [4.78, 5) is 12.6. The molecule has 2 aliphatic rings. The van der Waals surface area contributed by atoms with Crippen LogP contribution >= 0.6 is 12.2 Å². The molecule has 2 aromatic carbocycles. The molecule has 2 aromatic rings. The Morgan fingerprint density at radius 3 is 2.74 bits per heavy atom. The highest BCUT2D eigenvalue weighted by Crippen LogP contribution is 2.37. The molecule has 0 amide bonds. The molecule has 138 valence electrons. The first-order valence-corrected chi connectivity index (χ1v) is 9.64. The van der Waals surface area contributed by atoms with Crippen molar-refractivity contribution in [3.8, 4) is 5.75 Å². The quantitative estimate of drug-likeness (QED) is 0.785. The summed E-state index contributed by atoms with van der Waals surface area (Å²) in [6.07, 6.45) is 2.30. The summed E-state index contributed by atoms with van der Waals surface area (Å²) in [5.41, 5.74) is 5.03. The summed E-state index contributed by atoms with van der Waals surface area (Å²) in [5.74, 6) is 0.950. The maximum atomic E-state index is 12.6. The first-order chi connectivity index (χ1) is 13.1. The molecule has 0 saturated heterocycles. The molecule has 1 atom stereocenters. The number of thiocarbonyl (C=S) groups is 1. The summed E-state index contributed by atoms with van der Waals surface area (Å²) in [6, 6.07) is 15.8. The lowest BCUT2D eigenvalue weighted by atomic mass is 9.85. The van der Waals surface area contributed by atoms with Crippen molar-refractivity contribution < 1.29 is 9.53 Å². The Hall–Kier alpha value is -2.66. The molecule has 1 unspecified atom stereocenters. The number of carbonyl (C=O) groups is 1. The Morgan fingerprint density at radius 2 is 1.89 bits per heavy atom. The zero-order valence-corrected chi connectivity index (χ0v) is 16.1. The second-order valence-corrected chi connectivity index (χ2v) is 7.36. The van der Waals surface area contributed by atoms with Crippen LogP contribution in [0.3, 0.4) is 0 Å². The number of benzene rings is 2. The van der Waals surface area contributed by atoms with Gasteiger partial charge in [-0.2, -0.15) is 0 Å². The Bertz CT molecular complexity index is 935. The van der Waals surface area contributed by atoms with Gasteiger partial charge in [-0.15, -0.1) is 0 Å². The van der Waals surface area contributed by atoms with Crippen LogP contribution < -0.4 is 15.4 Å². The lowest BCUT2D eigenvalue weighted by Gasteiger charge is -2.34. The van der Waals surface area contributed by atoms with Crippen molar-refractivity contribution in [2.24, 2.45) is 0 Å². The van der Waals surface area contributed by atoms with Crippen LogP contribution in [0.2, 0.25) is 0 Å². The van der Waals surface area contributed by atoms with Crippen LogP contribution in [0.1, 0.15) is 42.0 Å². The van der Waals surface area contributed by atoms with Gasteiger partial charge in [0.2, 0.25) is 0 Å². The van der Waals surface area contributed by atoms with E-state index >= 15 is 0 Å². The Morgan fingerprint density at radius 1 is 1.11 bits per heavy atom. The number of para-hydroxylation sites is 1. The molecular formula is C22H22N2O2S. The third-order valence-corrected chi connectivity index (χ3v) is 5.38. The lowest BCUT2D eigenvalue weighted by Crippen LogP contribution is -2.46. The summed E-state index contributed by atoms with van der Waals surface area (Å²) in [5, 5.41) is 7.00. The largest absolute Gasteiger partial charge is 0.489 e. The molecule has 4 rings (SSSR count). The minimum Gasteiger partial charge on any atom is -0.489 e. The minimum atomic E-state index is -0.269. The van der Waals surface area contributed by atoms with E-state index in [1.165, 1.54) is 5.56 Å². The number of Topliss-reactive ketones (excluding diaryl/α,β-unsaturated/α-hetero) is 1. The molecule has 1 heterocycles. The van der Waals surface area contributed by atoms with Crippen molar-refractivity contribution in [2.45, 2.75) is 38.8 Å². The van der Waals surface area contributed by atoms with Crippen LogP contribution in [-0.4, -0.2) is 10.9 Å². The van der Waals surface area contributed by atoms with E-state index in [0.717, 1.165) is 41.0 Å². The second-order valence-electron chi connectivity index (χ2n) is 6.95. The number of ketones is 1. The number of hydrogen-bond donors (Lipinski definition) is 2. The average Bonchev–Trinajstić information content (AvgIpc) is 2.67. The van der Waals surface area contributed by atoms with Crippen LogP contribution in [-0.2, 0) is 11.4 Å². The Kier molecular flexibility index (Phi) is 4.94. The molecule has 0 fully saturated rings. The van der Waals surface area contributed by atoms with Crippen molar-refractivity contribution in [2.75, 3.05) is 0 Å². The smallest absolute Gasteiger partial charge is 0.171 e. The molecule has 0 radical (unpaired) electrons. The SMILES string of the molecule is Cc1ccccc1COc1ccccc1C1NC(=S)NC2=C1C(=O)CCC2. The highest BCUT2D eigenvalue weighted by Gasteiger charge is 2.34. The predicted molar refractivity (Wildman–Crippen MR) is 109 cm³/mol. The Balaban J connectivity index is 1.67. The summed E-state index contributed by atoms with van der Waals surface area (Å²) >= 11 is 5.38. The monoisotopic (exact) mass is 378 g/mol. The maximum absolute atomic E-state index is 12.6. The van der Waals surface area contributed by atoms with Crippen LogP contribution in [0.15, 0.2) is 59.8 Å². The van der Waals surface area contributed by atoms with Gasteiger partial charge in [-0.05, 0) is 49.2 Å². The van der Waals surface area contributed by atoms with Crippen molar-refractivity contribution >= 4 is 23.1 Å². The average molecular weight is 378 g/mol. The summed E-state index contributed by atoms with van der Waals surface area (Å²) in [6.45, 7) is 2.56. The van der Waals surface area contributed by atoms with Gasteiger partial charge in [0.1, 0.15) is 12.4 Å². The van der Waals surface area contributed by atoms with Crippen LogP contribution in [0, 0.1) is 6.92 Å². The molecule has 0 bridgehead atoms. The van der Waals surface area contributed by atoms with Crippen molar-refractivity contribution in [3.05, 3.63) is 76.5 Å². The van der Waals surface area contributed by atoms with Crippen molar-refractivity contribution in [1.29, 1.82) is 0 Å². The van der Waals surface area contributed by atoms with Gasteiger partial charge in [-0.3, -0.25) is 4.79 Å². The molecule has 0 aromatic heterocycles. The molecule has 1 aliphatic heterocycles. The fourth-order valence-electron chi connectivity index (χ4n) is 3.72. The fraction of sp³-hybridized carbons (Fsp3) is 0.273. The van der Waals surface area contributed by atoms with E-state index in [-0.39, 0.29) is 11.8 Å². The fourth-order valence-corrected chi connectivity index (χ4v) is 3.96. The molecular weight excluding hydrogens is 356 g/mol. The molecule has 4 nitrogen and oxygen atoms in total. The maximum Gasteiger partial charge on any atom is 0.171 e. The number of hydrogen-bond acceptors (Lipinski definition) is 3. The molecule has 0 spiro atoms. The first-order valence-electron chi connectivity index (χ1n) is 9.23. The van der Waals surface area contributed by atoms with E-state index in [4.69, 9.17) is 17.0 Å². The molecule has 5 heteroatoms. The molecule has 0 saturated carbocycles. The van der Waals surface area contributed by atoms with Crippen molar-refractivity contribution in [1.82, 2.24) is 10.6 Å². The standard InChI is InChI=1S/C22H22N2O2S/c1-14-7-2-3-8-15(14)13-26-19-12-5-4-9-16(19)21-20-17(23-22(27)24-21)10-6-11-18(20)25/h2-5,7-9,12,21H,6,10-11,13H2,1H3,(H2,23,24,27). The van der Waals surface area contributed by atoms with Crippen LogP contribution in [0.25, 0.3) is 0 Å². The number of ether oxygens (including phenoxy) is 1. The predicted octanol–water partition coefficient (Wildman–Crippen LogP) is 4.10. The van der Waals surface area contributed by atoms with Gasteiger partial charge in [0, 0.05) is 23.3 Å². The van der Waals surface area contributed by atoms with Gasteiger partial charge in [0.25, 0.3) is 0 Å². The van der Waals surface area contributed by atoms with Gasteiger partial charge in [-0.25, -0.2) is 0 Å². The highest BCUT2D eigenvalue weighted by molar-refractivity contribution is 7.80. The zero-order valence-electron chi connectivity index (χ0n) is 15.2. The minimum absolute atomic E-state index is 0.178. The van der Waals surface area contributed by atoms with E-state index in [2.05, 4.69) is 29.7 Å². The van der Waals surface area contributed by atoms with Gasteiger partial charge in [-0.1, -0.05) is 42.5 Å².